The van der Waals surface area contributed by atoms with Crippen LogP contribution in [-0.2, 0) is 0 Å². The second-order valence-corrected chi connectivity index (χ2v) is 3.97. The SMILES string of the molecule is O=c1[nH]nc(N2CCCC(CO)C2)c(=O)[nH]1. The first-order chi connectivity index (χ1) is 7.70. The number of nitrogens with zero attached hydrogens (tertiary/aromatic N) is 2. The average Bonchev–Trinajstić information content (AvgIpc) is 2.29. The van der Waals surface area contributed by atoms with Gasteiger partial charge in [0.25, 0.3) is 5.56 Å². The third-order valence-corrected chi connectivity index (χ3v) is 2.77. The third kappa shape index (κ3) is 2.13. The molecule has 1 aromatic heterocycles. The Morgan fingerprint density at radius 2 is 2.31 bits per heavy atom. The van der Waals surface area contributed by atoms with E-state index in [1.807, 2.05) is 0 Å². The standard InChI is InChI=1S/C9H14N4O3/c14-5-6-2-1-3-13(4-6)7-8(15)10-9(16)12-11-7/h6,14H,1-5H2,(H2,10,12,15,16). The van der Waals surface area contributed by atoms with Crippen LogP contribution in [0.25, 0.3) is 0 Å². The molecule has 3 N–H and O–H groups in total. The summed E-state index contributed by atoms with van der Waals surface area (Å²) < 4.78 is 0. The highest BCUT2D eigenvalue weighted by Crippen LogP contribution is 2.17. The van der Waals surface area contributed by atoms with Crippen LogP contribution in [0.4, 0.5) is 5.82 Å². The Bertz CT molecular complexity index is 466. The lowest BCUT2D eigenvalue weighted by Crippen LogP contribution is -2.41. The number of hydrogen-bond acceptors (Lipinski definition) is 5. The number of aliphatic hydroxyl groups is 1. The zero-order valence-corrected chi connectivity index (χ0v) is 8.77. The van der Waals surface area contributed by atoms with Crippen molar-refractivity contribution in [3.63, 3.8) is 0 Å². The van der Waals surface area contributed by atoms with Gasteiger partial charge in [-0.25, -0.2) is 9.89 Å². The van der Waals surface area contributed by atoms with Gasteiger partial charge in [-0.3, -0.25) is 9.78 Å². The molecule has 0 spiro atoms. The number of nitrogens with one attached hydrogen (secondary N) is 2. The number of H-pyrrole nitrogens is 2. The maximum absolute atomic E-state index is 11.5. The van der Waals surface area contributed by atoms with E-state index in [9.17, 15) is 9.59 Å². The second-order valence-electron chi connectivity index (χ2n) is 3.97. The van der Waals surface area contributed by atoms with Gasteiger partial charge in [0, 0.05) is 19.7 Å². The Morgan fingerprint density at radius 3 is 3.00 bits per heavy atom. The number of hydrogen-bond donors (Lipinski definition) is 3. The van der Waals surface area contributed by atoms with Gasteiger partial charge in [0.2, 0.25) is 5.82 Å². The van der Waals surface area contributed by atoms with Gasteiger partial charge < -0.3 is 10.0 Å². The molecule has 0 bridgehead atoms. The molecule has 7 nitrogen and oxygen atoms in total. The summed E-state index contributed by atoms with van der Waals surface area (Å²) in [5.74, 6) is 0.389. The molecule has 1 unspecified atom stereocenters. The van der Waals surface area contributed by atoms with Crippen LogP contribution in [0.1, 0.15) is 12.8 Å². The Kier molecular flexibility index (Phi) is 3.04. The molecular formula is C9H14N4O3. The smallest absolute Gasteiger partial charge is 0.342 e. The molecule has 1 aromatic rings. The summed E-state index contributed by atoms with van der Waals surface area (Å²) in [6, 6.07) is 0. The summed E-state index contributed by atoms with van der Waals surface area (Å²) in [6.45, 7) is 1.43. The van der Waals surface area contributed by atoms with Crippen LogP contribution in [0, 0.1) is 5.92 Å². The summed E-state index contributed by atoms with van der Waals surface area (Å²) in [6.07, 6.45) is 1.86. The topological polar surface area (TPSA) is 102 Å². The van der Waals surface area contributed by atoms with Crippen molar-refractivity contribution in [2.45, 2.75) is 12.8 Å². The lowest BCUT2D eigenvalue weighted by molar-refractivity contribution is 0.208. The molecule has 2 heterocycles. The summed E-state index contributed by atoms with van der Waals surface area (Å²) >= 11 is 0. The first kappa shape index (κ1) is 10.9. The minimum atomic E-state index is -0.607. The summed E-state index contributed by atoms with van der Waals surface area (Å²) in [7, 11) is 0. The van der Waals surface area contributed by atoms with Gasteiger partial charge in [-0.1, -0.05) is 0 Å². The number of anilines is 1. The van der Waals surface area contributed by atoms with E-state index in [-0.39, 0.29) is 18.3 Å². The molecular weight excluding hydrogens is 212 g/mol. The highest BCUT2D eigenvalue weighted by molar-refractivity contribution is 5.34. The normalized spacial score (nSPS) is 21.1. The van der Waals surface area contributed by atoms with Gasteiger partial charge in [0.1, 0.15) is 0 Å². The molecule has 0 saturated carbocycles. The fourth-order valence-corrected chi connectivity index (χ4v) is 1.96. The Hall–Kier alpha value is -1.63. The summed E-state index contributed by atoms with van der Waals surface area (Å²) in [5, 5.41) is 15.0. The minimum Gasteiger partial charge on any atom is -0.396 e. The van der Waals surface area contributed by atoms with Crippen LogP contribution in [0.2, 0.25) is 0 Å². The van der Waals surface area contributed by atoms with Crippen LogP contribution in [0.5, 0.6) is 0 Å². The maximum Gasteiger partial charge on any atom is 0.342 e. The minimum absolute atomic E-state index is 0.109. The van der Waals surface area contributed by atoms with E-state index in [2.05, 4.69) is 15.2 Å². The Morgan fingerprint density at radius 1 is 1.50 bits per heavy atom. The predicted molar refractivity (Wildman–Crippen MR) is 57.5 cm³/mol. The van der Waals surface area contributed by atoms with Crippen molar-refractivity contribution in [1.82, 2.24) is 15.2 Å². The lowest BCUT2D eigenvalue weighted by Gasteiger charge is -2.31. The fraction of sp³-hybridized carbons (Fsp3) is 0.667. The van der Waals surface area contributed by atoms with Gasteiger partial charge >= 0.3 is 5.69 Å². The zero-order valence-electron chi connectivity index (χ0n) is 8.77. The Labute approximate surface area is 91.1 Å². The largest absolute Gasteiger partial charge is 0.396 e. The lowest BCUT2D eigenvalue weighted by atomic mass is 9.99. The van der Waals surface area contributed by atoms with Crippen molar-refractivity contribution in [2.24, 2.45) is 5.92 Å². The molecule has 88 valence electrons. The number of aliphatic hydroxyl groups excluding tert-OH is 1. The monoisotopic (exact) mass is 226 g/mol. The first-order valence-corrected chi connectivity index (χ1v) is 5.25. The zero-order chi connectivity index (χ0) is 11.5. The Balaban J connectivity index is 2.23. The highest BCUT2D eigenvalue weighted by Gasteiger charge is 2.22. The average molecular weight is 226 g/mol. The number of aromatic nitrogens is 3. The quantitative estimate of drug-likeness (QED) is 0.579. The van der Waals surface area contributed by atoms with Gasteiger partial charge in [-0.15, -0.1) is 5.10 Å². The highest BCUT2D eigenvalue weighted by atomic mass is 16.3. The van der Waals surface area contributed by atoms with Gasteiger partial charge in [-0.05, 0) is 18.8 Å². The number of aromatic amines is 2. The summed E-state index contributed by atoms with van der Waals surface area (Å²) in [4.78, 5) is 26.2. The number of piperidine rings is 1. The third-order valence-electron chi connectivity index (χ3n) is 2.77. The predicted octanol–water partition coefficient (Wildman–Crippen LogP) is -1.33. The van der Waals surface area contributed by atoms with Crippen molar-refractivity contribution in [3.8, 4) is 0 Å². The van der Waals surface area contributed by atoms with Crippen molar-refractivity contribution in [3.05, 3.63) is 20.8 Å². The second kappa shape index (κ2) is 4.48. The van der Waals surface area contributed by atoms with E-state index in [1.165, 1.54) is 0 Å². The molecule has 1 saturated heterocycles. The molecule has 0 aliphatic carbocycles. The van der Waals surface area contributed by atoms with E-state index in [1.54, 1.807) is 4.90 Å². The summed E-state index contributed by atoms with van der Waals surface area (Å²) in [5.41, 5.74) is -1.09. The van der Waals surface area contributed by atoms with E-state index < -0.39 is 11.2 Å². The molecule has 1 atom stereocenters. The maximum atomic E-state index is 11.5. The van der Waals surface area contributed by atoms with Crippen LogP contribution in [0.15, 0.2) is 9.59 Å². The van der Waals surface area contributed by atoms with E-state index in [0.29, 0.717) is 6.54 Å². The molecule has 1 aliphatic heterocycles. The van der Waals surface area contributed by atoms with E-state index in [0.717, 1.165) is 19.4 Å². The van der Waals surface area contributed by atoms with E-state index in [4.69, 9.17) is 5.11 Å². The van der Waals surface area contributed by atoms with Crippen LogP contribution in [-0.4, -0.2) is 40.0 Å². The van der Waals surface area contributed by atoms with Crippen molar-refractivity contribution < 1.29 is 5.11 Å². The van der Waals surface area contributed by atoms with Crippen molar-refractivity contribution in [2.75, 3.05) is 24.6 Å². The first-order valence-electron chi connectivity index (χ1n) is 5.25. The van der Waals surface area contributed by atoms with E-state index >= 15 is 0 Å². The number of rotatable bonds is 2. The van der Waals surface area contributed by atoms with Crippen LogP contribution < -0.4 is 16.1 Å². The molecule has 1 aliphatic rings. The molecule has 0 aromatic carbocycles. The van der Waals surface area contributed by atoms with Gasteiger partial charge in [0.15, 0.2) is 0 Å². The van der Waals surface area contributed by atoms with Crippen molar-refractivity contribution in [1.29, 1.82) is 0 Å². The van der Waals surface area contributed by atoms with Crippen LogP contribution >= 0.6 is 0 Å². The molecule has 16 heavy (non-hydrogen) atoms. The van der Waals surface area contributed by atoms with Crippen LogP contribution in [0.3, 0.4) is 0 Å². The van der Waals surface area contributed by atoms with Crippen molar-refractivity contribution >= 4 is 5.82 Å². The van der Waals surface area contributed by atoms with Gasteiger partial charge in [-0.2, -0.15) is 0 Å². The molecule has 0 radical (unpaired) electrons. The fourth-order valence-electron chi connectivity index (χ4n) is 1.96. The molecule has 0 amide bonds. The molecule has 2 rings (SSSR count). The molecule has 7 heteroatoms. The van der Waals surface area contributed by atoms with Gasteiger partial charge in [0.05, 0.1) is 0 Å². The molecule has 1 fully saturated rings.